The number of likely N-dealkylation sites (tertiary alicyclic amines) is 1. The standard InChI is InChI=1S/C10H11NO4/c12-4-3-11-9(13)7-5-1-2-6(15-5)8(7)10(11)14/h1-2,5-8,12H,3-4H2/t5-,6?,7-,8+/m1/s1. The Morgan fingerprint density at radius 1 is 1.20 bits per heavy atom. The van der Waals surface area contributed by atoms with E-state index in [0.29, 0.717) is 0 Å². The zero-order valence-electron chi connectivity index (χ0n) is 8.00. The predicted molar refractivity (Wildman–Crippen MR) is 48.6 cm³/mol. The fourth-order valence-corrected chi connectivity index (χ4v) is 2.69. The van der Waals surface area contributed by atoms with Gasteiger partial charge in [0, 0.05) is 0 Å². The van der Waals surface area contributed by atoms with Gasteiger partial charge in [0.2, 0.25) is 11.8 Å². The fraction of sp³-hybridized carbons (Fsp3) is 0.600. The highest BCUT2D eigenvalue weighted by Gasteiger charge is 2.60. The molecule has 3 rings (SSSR count). The normalized spacial score (nSPS) is 41.8. The second-order valence-electron chi connectivity index (χ2n) is 4.05. The molecule has 2 bridgehead atoms. The molecule has 1 unspecified atom stereocenters. The van der Waals surface area contributed by atoms with Crippen LogP contribution in [0.3, 0.4) is 0 Å². The summed E-state index contributed by atoms with van der Waals surface area (Å²) in [4.78, 5) is 24.9. The van der Waals surface area contributed by atoms with Gasteiger partial charge in [-0.2, -0.15) is 0 Å². The van der Waals surface area contributed by atoms with Crippen molar-refractivity contribution < 1.29 is 19.4 Å². The van der Waals surface area contributed by atoms with Crippen LogP contribution in [-0.4, -0.2) is 47.2 Å². The van der Waals surface area contributed by atoms with Gasteiger partial charge in [-0.25, -0.2) is 0 Å². The molecular formula is C10H11NO4. The fourth-order valence-electron chi connectivity index (χ4n) is 2.69. The van der Waals surface area contributed by atoms with Crippen molar-refractivity contribution in [3.05, 3.63) is 12.2 Å². The lowest BCUT2D eigenvalue weighted by molar-refractivity contribution is -0.142. The molecule has 80 valence electrons. The van der Waals surface area contributed by atoms with Crippen LogP contribution in [0.25, 0.3) is 0 Å². The number of hydrogen-bond acceptors (Lipinski definition) is 4. The summed E-state index contributed by atoms with van der Waals surface area (Å²) in [6.07, 6.45) is 3.22. The maximum atomic E-state index is 11.9. The SMILES string of the molecule is O=C1[C@@H]2[C@H]3C=CC(O3)[C@@H]2C(=O)N1CCO. The highest BCUT2D eigenvalue weighted by Crippen LogP contribution is 2.44. The van der Waals surface area contributed by atoms with Crippen LogP contribution < -0.4 is 0 Å². The number of carbonyl (C=O) groups excluding carboxylic acids is 2. The van der Waals surface area contributed by atoms with Gasteiger partial charge in [0.05, 0.1) is 37.2 Å². The lowest BCUT2D eigenvalue weighted by Crippen LogP contribution is -2.36. The number of amides is 2. The van der Waals surface area contributed by atoms with Gasteiger partial charge in [-0.15, -0.1) is 0 Å². The van der Waals surface area contributed by atoms with E-state index in [4.69, 9.17) is 9.84 Å². The molecule has 0 aliphatic carbocycles. The van der Waals surface area contributed by atoms with E-state index in [-0.39, 0.29) is 49.0 Å². The van der Waals surface area contributed by atoms with Crippen molar-refractivity contribution in [3.63, 3.8) is 0 Å². The summed E-state index contributed by atoms with van der Waals surface area (Å²) in [7, 11) is 0. The van der Waals surface area contributed by atoms with E-state index in [1.165, 1.54) is 0 Å². The number of aliphatic hydroxyl groups is 1. The lowest BCUT2D eigenvalue weighted by atomic mass is 9.85. The average Bonchev–Trinajstić information content (AvgIpc) is 2.87. The minimum Gasteiger partial charge on any atom is -0.395 e. The molecule has 0 spiro atoms. The van der Waals surface area contributed by atoms with E-state index in [0.717, 1.165) is 4.90 Å². The third kappa shape index (κ3) is 0.992. The smallest absolute Gasteiger partial charge is 0.236 e. The van der Waals surface area contributed by atoms with Gasteiger partial charge < -0.3 is 9.84 Å². The molecule has 3 aliphatic rings. The van der Waals surface area contributed by atoms with Crippen molar-refractivity contribution in [2.45, 2.75) is 12.2 Å². The molecule has 2 amide bonds. The van der Waals surface area contributed by atoms with Crippen LogP contribution >= 0.6 is 0 Å². The van der Waals surface area contributed by atoms with Crippen LogP contribution in [0.5, 0.6) is 0 Å². The van der Waals surface area contributed by atoms with Gasteiger partial charge in [-0.05, 0) is 0 Å². The van der Waals surface area contributed by atoms with Gasteiger partial charge in [-0.1, -0.05) is 12.2 Å². The largest absolute Gasteiger partial charge is 0.395 e. The Hall–Kier alpha value is -1.20. The molecule has 0 aromatic rings. The van der Waals surface area contributed by atoms with Crippen molar-refractivity contribution >= 4 is 11.8 Å². The highest BCUT2D eigenvalue weighted by molar-refractivity contribution is 6.06. The van der Waals surface area contributed by atoms with Crippen LogP contribution in [0, 0.1) is 11.8 Å². The topological polar surface area (TPSA) is 66.8 Å². The minimum atomic E-state index is -0.348. The molecule has 5 nitrogen and oxygen atoms in total. The summed E-state index contributed by atoms with van der Waals surface area (Å²) < 4.78 is 5.46. The number of β-amino-alcohol motifs (C(OH)–C–C–N with tert-alkyl or cyclic N) is 1. The molecule has 4 atom stereocenters. The molecule has 0 aromatic heterocycles. The van der Waals surface area contributed by atoms with Crippen LogP contribution in [0.2, 0.25) is 0 Å². The van der Waals surface area contributed by atoms with Crippen molar-refractivity contribution in [3.8, 4) is 0 Å². The summed E-state index contributed by atoms with van der Waals surface area (Å²) in [5.74, 6) is -1.09. The van der Waals surface area contributed by atoms with Gasteiger partial charge >= 0.3 is 0 Å². The van der Waals surface area contributed by atoms with E-state index in [2.05, 4.69) is 0 Å². The Labute approximate surface area is 86.3 Å². The molecule has 15 heavy (non-hydrogen) atoms. The summed E-state index contributed by atoms with van der Waals surface area (Å²) >= 11 is 0. The van der Waals surface area contributed by atoms with Gasteiger partial charge in [0.15, 0.2) is 0 Å². The Morgan fingerprint density at radius 3 is 2.20 bits per heavy atom. The Morgan fingerprint density at radius 2 is 1.73 bits per heavy atom. The first kappa shape index (κ1) is 9.06. The molecule has 3 heterocycles. The van der Waals surface area contributed by atoms with Crippen molar-refractivity contribution in [2.75, 3.05) is 13.2 Å². The Bertz CT molecular complexity index is 334. The third-order valence-corrected chi connectivity index (χ3v) is 3.33. The van der Waals surface area contributed by atoms with E-state index < -0.39 is 0 Å². The number of ether oxygens (including phenoxy) is 1. The zero-order valence-corrected chi connectivity index (χ0v) is 8.00. The second kappa shape index (κ2) is 2.90. The van der Waals surface area contributed by atoms with Crippen LogP contribution in [0.1, 0.15) is 0 Å². The number of carbonyl (C=O) groups is 2. The first-order valence-corrected chi connectivity index (χ1v) is 5.04. The zero-order chi connectivity index (χ0) is 10.6. The molecule has 2 saturated heterocycles. The number of fused-ring (bicyclic) bond motifs is 5. The second-order valence-corrected chi connectivity index (χ2v) is 4.05. The number of nitrogens with zero attached hydrogens (tertiary/aromatic N) is 1. The highest BCUT2D eigenvalue weighted by atomic mass is 16.5. The molecule has 0 saturated carbocycles. The van der Waals surface area contributed by atoms with Gasteiger partial charge in [0.1, 0.15) is 0 Å². The Kier molecular flexibility index (Phi) is 1.75. The summed E-state index contributed by atoms with van der Waals surface area (Å²) in [6, 6.07) is 0. The first-order chi connectivity index (χ1) is 7.24. The maximum absolute atomic E-state index is 11.9. The molecule has 2 fully saturated rings. The Balaban J connectivity index is 1.93. The van der Waals surface area contributed by atoms with Crippen molar-refractivity contribution in [1.82, 2.24) is 4.90 Å². The summed E-state index contributed by atoms with van der Waals surface area (Å²) in [5, 5.41) is 8.78. The van der Waals surface area contributed by atoms with E-state index in [1.807, 2.05) is 12.2 Å². The van der Waals surface area contributed by atoms with Crippen LogP contribution in [0.15, 0.2) is 12.2 Å². The number of imide groups is 1. The number of hydrogen-bond donors (Lipinski definition) is 1. The van der Waals surface area contributed by atoms with Gasteiger partial charge in [0.25, 0.3) is 0 Å². The van der Waals surface area contributed by atoms with Crippen LogP contribution in [0.4, 0.5) is 0 Å². The van der Waals surface area contributed by atoms with Crippen molar-refractivity contribution in [1.29, 1.82) is 0 Å². The summed E-state index contributed by atoms with van der Waals surface area (Å²) in [5.41, 5.74) is 0. The maximum Gasteiger partial charge on any atom is 0.236 e. The molecule has 3 aliphatic heterocycles. The predicted octanol–water partition coefficient (Wildman–Crippen LogP) is -1.08. The first-order valence-electron chi connectivity index (χ1n) is 5.04. The monoisotopic (exact) mass is 209 g/mol. The summed E-state index contributed by atoms with van der Waals surface area (Å²) in [6.45, 7) is -0.0787. The van der Waals surface area contributed by atoms with E-state index in [9.17, 15) is 9.59 Å². The van der Waals surface area contributed by atoms with Gasteiger partial charge in [-0.3, -0.25) is 14.5 Å². The molecule has 0 aromatic carbocycles. The molecular weight excluding hydrogens is 198 g/mol. The van der Waals surface area contributed by atoms with Crippen LogP contribution in [-0.2, 0) is 14.3 Å². The molecule has 5 heteroatoms. The van der Waals surface area contributed by atoms with E-state index in [1.54, 1.807) is 0 Å². The third-order valence-electron chi connectivity index (χ3n) is 3.33. The average molecular weight is 209 g/mol. The molecule has 0 radical (unpaired) electrons. The van der Waals surface area contributed by atoms with E-state index >= 15 is 0 Å². The number of rotatable bonds is 2. The molecule has 1 N–H and O–H groups in total. The van der Waals surface area contributed by atoms with Crippen molar-refractivity contribution in [2.24, 2.45) is 11.8 Å². The quantitative estimate of drug-likeness (QED) is 0.464. The lowest BCUT2D eigenvalue weighted by Gasteiger charge is -2.15. The number of aliphatic hydroxyl groups excluding tert-OH is 1. The minimum absolute atomic E-state index is 0.101.